The molecule has 0 amide bonds. The molecule has 0 aliphatic carbocycles. The monoisotopic (exact) mass is 330 g/mol. The van der Waals surface area contributed by atoms with Gasteiger partial charge in [0, 0.05) is 38.4 Å². The van der Waals surface area contributed by atoms with Gasteiger partial charge in [-0.3, -0.25) is 9.80 Å². The zero-order valence-electron chi connectivity index (χ0n) is 15.1. The number of ether oxygens (including phenoxy) is 1. The molecule has 1 aromatic heterocycles. The highest BCUT2D eigenvalue weighted by molar-refractivity contribution is 5.34. The maximum absolute atomic E-state index is 9.24. The van der Waals surface area contributed by atoms with Crippen LogP contribution in [-0.2, 0) is 18.3 Å². The summed E-state index contributed by atoms with van der Waals surface area (Å²) in [6, 6.07) is 5.04. The highest BCUT2D eigenvalue weighted by atomic mass is 16.5. The average Bonchev–Trinajstić information content (AvgIpc) is 2.90. The Morgan fingerprint density at radius 2 is 2.04 bits per heavy atom. The number of rotatable bonds is 5. The summed E-state index contributed by atoms with van der Waals surface area (Å²) in [6.45, 7) is 9.40. The van der Waals surface area contributed by atoms with Crippen LogP contribution in [0.3, 0.4) is 0 Å². The minimum atomic E-state index is 0.673. The molecular formula is C19H30N4O. The topological polar surface area (TPSA) is 44.4 Å². The fourth-order valence-corrected chi connectivity index (χ4v) is 4.00. The molecule has 2 fully saturated rings. The Bertz CT molecular complexity index is 583. The van der Waals surface area contributed by atoms with Crippen molar-refractivity contribution in [3.63, 3.8) is 0 Å². The normalized spacial score (nSPS) is 23.3. The zero-order valence-corrected chi connectivity index (χ0v) is 15.1. The fraction of sp³-hybridized carbons (Fsp3) is 0.737. The second kappa shape index (κ2) is 8.15. The van der Waals surface area contributed by atoms with Crippen LogP contribution in [0.15, 0.2) is 6.07 Å². The maximum Gasteiger partial charge on any atom is 0.120 e. The van der Waals surface area contributed by atoms with E-state index in [4.69, 9.17) is 4.74 Å². The van der Waals surface area contributed by atoms with Crippen LogP contribution in [0.4, 0.5) is 0 Å². The van der Waals surface area contributed by atoms with E-state index in [2.05, 4.69) is 28.9 Å². The van der Waals surface area contributed by atoms with Gasteiger partial charge in [-0.05, 0) is 50.9 Å². The lowest BCUT2D eigenvalue weighted by Crippen LogP contribution is -2.43. The Labute approximate surface area is 145 Å². The van der Waals surface area contributed by atoms with Crippen molar-refractivity contribution in [2.75, 3.05) is 39.4 Å². The summed E-state index contributed by atoms with van der Waals surface area (Å²) in [5.41, 5.74) is 3.31. The van der Waals surface area contributed by atoms with Crippen molar-refractivity contribution in [2.45, 2.75) is 45.2 Å². The van der Waals surface area contributed by atoms with E-state index in [1.807, 2.05) is 11.6 Å². The quantitative estimate of drug-likeness (QED) is 0.831. The van der Waals surface area contributed by atoms with Crippen LogP contribution in [0, 0.1) is 18.3 Å². The van der Waals surface area contributed by atoms with Crippen LogP contribution >= 0.6 is 0 Å². The van der Waals surface area contributed by atoms with Crippen LogP contribution in [0.5, 0.6) is 0 Å². The first-order valence-corrected chi connectivity index (χ1v) is 9.28. The number of hydrogen-bond acceptors (Lipinski definition) is 4. The van der Waals surface area contributed by atoms with E-state index in [0.717, 1.165) is 38.5 Å². The molecule has 5 heteroatoms. The number of morpholine rings is 1. The first-order chi connectivity index (χ1) is 11.7. The van der Waals surface area contributed by atoms with Gasteiger partial charge in [0.05, 0.1) is 13.2 Å². The molecule has 1 unspecified atom stereocenters. The molecule has 0 spiro atoms. The molecule has 3 rings (SSSR count). The molecule has 2 aliphatic rings. The van der Waals surface area contributed by atoms with Gasteiger partial charge in [0.1, 0.15) is 11.8 Å². The minimum absolute atomic E-state index is 0.673. The van der Waals surface area contributed by atoms with Gasteiger partial charge in [-0.2, -0.15) is 5.26 Å². The van der Waals surface area contributed by atoms with Gasteiger partial charge < -0.3 is 9.30 Å². The number of hydrogen-bond donors (Lipinski definition) is 0. The van der Waals surface area contributed by atoms with Gasteiger partial charge in [-0.15, -0.1) is 0 Å². The highest BCUT2D eigenvalue weighted by Gasteiger charge is 2.24. The van der Waals surface area contributed by atoms with Gasteiger partial charge >= 0.3 is 0 Å². The number of likely N-dealkylation sites (tertiary alicyclic amines) is 1. The molecule has 132 valence electrons. The summed E-state index contributed by atoms with van der Waals surface area (Å²) >= 11 is 0. The van der Waals surface area contributed by atoms with Crippen molar-refractivity contribution in [1.82, 2.24) is 14.4 Å². The second-order valence-electron chi connectivity index (χ2n) is 7.17. The first kappa shape index (κ1) is 17.5. The molecule has 5 nitrogen and oxygen atoms in total. The Morgan fingerprint density at radius 3 is 2.75 bits per heavy atom. The van der Waals surface area contributed by atoms with Crippen molar-refractivity contribution in [2.24, 2.45) is 7.05 Å². The molecule has 0 bridgehead atoms. The summed E-state index contributed by atoms with van der Waals surface area (Å²) in [4.78, 5) is 5.19. The van der Waals surface area contributed by atoms with Crippen LogP contribution in [0.25, 0.3) is 0 Å². The first-order valence-electron chi connectivity index (χ1n) is 9.28. The Hall–Kier alpha value is -1.35. The van der Waals surface area contributed by atoms with E-state index in [0.29, 0.717) is 6.04 Å². The SMILES string of the molecule is Cc1c(CN2CCCCC2CCN2CCOCC2)cc(C#N)n1C. The van der Waals surface area contributed by atoms with Crippen LogP contribution < -0.4 is 0 Å². The lowest BCUT2D eigenvalue weighted by atomic mass is 9.98. The molecule has 3 heterocycles. The largest absolute Gasteiger partial charge is 0.379 e. The third kappa shape index (κ3) is 4.00. The van der Waals surface area contributed by atoms with Gasteiger partial charge in [0.15, 0.2) is 0 Å². The third-order valence-electron chi connectivity index (χ3n) is 5.76. The maximum atomic E-state index is 9.24. The average molecular weight is 330 g/mol. The van der Waals surface area contributed by atoms with E-state index in [1.54, 1.807) is 0 Å². The standard InChI is InChI=1S/C19H30N4O/c1-16-17(13-19(14-20)21(16)2)15-23-7-4-3-5-18(23)6-8-22-9-11-24-12-10-22/h13,18H,3-12,15H2,1-2H3. The number of aromatic nitrogens is 1. The number of piperidine rings is 1. The molecule has 0 aromatic carbocycles. The van der Waals surface area contributed by atoms with Crippen LogP contribution in [0.2, 0.25) is 0 Å². The van der Waals surface area contributed by atoms with Crippen LogP contribution in [-0.4, -0.2) is 59.8 Å². The lowest BCUT2D eigenvalue weighted by Gasteiger charge is -2.37. The predicted molar refractivity (Wildman–Crippen MR) is 94.8 cm³/mol. The molecule has 1 aromatic rings. The Balaban J connectivity index is 1.61. The fourth-order valence-electron chi connectivity index (χ4n) is 4.00. The lowest BCUT2D eigenvalue weighted by molar-refractivity contribution is 0.0302. The van der Waals surface area contributed by atoms with E-state index in [-0.39, 0.29) is 0 Å². The molecule has 2 aliphatic heterocycles. The number of nitrogens with zero attached hydrogens (tertiary/aromatic N) is 4. The summed E-state index contributed by atoms with van der Waals surface area (Å²) in [7, 11) is 1.99. The van der Waals surface area contributed by atoms with E-state index in [9.17, 15) is 5.26 Å². The van der Waals surface area contributed by atoms with E-state index in [1.165, 1.54) is 50.0 Å². The van der Waals surface area contributed by atoms with Gasteiger partial charge in [0.25, 0.3) is 0 Å². The number of nitriles is 1. The van der Waals surface area contributed by atoms with Crippen molar-refractivity contribution in [3.8, 4) is 6.07 Å². The highest BCUT2D eigenvalue weighted by Crippen LogP contribution is 2.24. The minimum Gasteiger partial charge on any atom is -0.379 e. The van der Waals surface area contributed by atoms with Crippen molar-refractivity contribution < 1.29 is 4.74 Å². The van der Waals surface area contributed by atoms with Gasteiger partial charge in [-0.1, -0.05) is 6.42 Å². The van der Waals surface area contributed by atoms with E-state index >= 15 is 0 Å². The summed E-state index contributed by atoms with van der Waals surface area (Å²) in [5, 5.41) is 9.24. The molecule has 0 saturated carbocycles. The van der Waals surface area contributed by atoms with Gasteiger partial charge in [0.2, 0.25) is 0 Å². The predicted octanol–water partition coefficient (Wildman–Crippen LogP) is 2.28. The summed E-state index contributed by atoms with van der Waals surface area (Å²) < 4.78 is 7.46. The molecular weight excluding hydrogens is 300 g/mol. The molecule has 24 heavy (non-hydrogen) atoms. The molecule has 1 atom stereocenters. The smallest absolute Gasteiger partial charge is 0.120 e. The van der Waals surface area contributed by atoms with Crippen molar-refractivity contribution >= 4 is 0 Å². The Morgan fingerprint density at radius 1 is 1.25 bits per heavy atom. The van der Waals surface area contributed by atoms with Gasteiger partial charge in [-0.25, -0.2) is 0 Å². The van der Waals surface area contributed by atoms with Crippen molar-refractivity contribution in [3.05, 3.63) is 23.0 Å². The zero-order chi connectivity index (χ0) is 16.9. The second-order valence-corrected chi connectivity index (χ2v) is 7.17. The molecule has 0 radical (unpaired) electrons. The van der Waals surface area contributed by atoms with Crippen molar-refractivity contribution in [1.29, 1.82) is 5.26 Å². The molecule has 2 saturated heterocycles. The third-order valence-corrected chi connectivity index (χ3v) is 5.76. The Kier molecular flexibility index (Phi) is 5.94. The molecule has 0 N–H and O–H groups in total. The summed E-state index contributed by atoms with van der Waals surface area (Å²) in [6.07, 6.45) is 5.20. The van der Waals surface area contributed by atoms with E-state index < -0.39 is 0 Å². The summed E-state index contributed by atoms with van der Waals surface area (Å²) in [5.74, 6) is 0. The van der Waals surface area contributed by atoms with Crippen LogP contribution in [0.1, 0.15) is 42.6 Å².